The lowest BCUT2D eigenvalue weighted by Gasteiger charge is -2.12. The van der Waals surface area contributed by atoms with Crippen molar-refractivity contribution in [3.05, 3.63) is 28.8 Å². The maximum Gasteiger partial charge on any atom is 0.404 e. The Bertz CT molecular complexity index is 374. The summed E-state index contributed by atoms with van der Waals surface area (Å²) in [6, 6.07) is 3.92. The van der Waals surface area contributed by atoms with Gasteiger partial charge in [0.15, 0.2) is 0 Å². The highest BCUT2D eigenvalue weighted by molar-refractivity contribution is 5.64. The fourth-order valence-corrected chi connectivity index (χ4v) is 1.64. The second kappa shape index (κ2) is 4.68. The summed E-state index contributed by atoms with van der Waals surface area (Å²) in [4.78, 5) is 10.4. The zero-order valence-electron chi connectivity index (χ0n) is 9.13. The maximum absolute atomic E-state index is 10.4. The number of amides is 1. The molecule has 0 heterocycles. The quantitative estimate of drug-likeness (QED) is 0.801. The van der Waals surface area contributed by atoms with Crippen molar-refractivity contribution in [2.75, 3.05) is 7.11 Å². The SMILES string of the molecule is COc1c(C)cc(C)cc1CNC(=O)O. The van der Waals surface area contributed by atoms with Gasteiger partial charge in [-0.2, -0.15) is 0 Å². The van der Waals surface area contributed by atoms with Crippen LogP contribution in [0.3, 0.4) is 0 Å². The first-order valence-corrected chi connectivity index (χ1v) is 4.65. The van der Waals surface area contributed by atoms with Crippen molar-refractivity contribution in [3.63, 3.8) is 0 Å². The number of rotatable bonds is 3. The van der Waals surface area contributed by atoms with Crippen molar-refractivity contribution in [3.8, 4) is 5.75 Å². The molecule has 82 valence electrons. The van der Waals surface area contributed by atoms with E-state index < -0.39 is 6.09 Å². The van der Waals surface area contributed by atoms with Crippen LogP contribution in [0.4, 0.5) is 4.79 Å². The molecule has 4 heteroatoms. The topological polar surface area (TPSA) is 58.6 Å². The van der Waals surface area contributed by atoms with Crippen LogP contribution in [0.5, 0.6) is 5.75 Å². The number of benzene rings is 1. The van der Waals surface area contributed by atoms with Gasteiger partial charge in [0.05, 0.1) is 7.11 Å². The van der Waals surface area contributed by atoms with E-state index in [9.17, 15) is 4.79 Å². The van der Waals surface area contributed by atoms with Crippen molar-refractivity contribution < 1.29 is 14.6 Å². The van der Waals surface area contributed by atoms with Gasteiger partial charge in [0, 0.05) is 12.1 Å². The average molecular weight is 209 g/mol. The highest BCUT2D eigenvalue weighted by Crippen LogP contribution is 2.24. The molecule has 0 atom stereocenters. The van der Waals surface area contributed by atoms with Gasteiger partial charge < -0.3 is 15.2 Å². The number of hydrogen-bond acceptors (Lipinski definition) is 2. The van der Waals surface area contributed by atoms with Crippen LogP contribution >= 0.6 is 0 Å². The third-order valence-electron chi connectivity index (χ3n) is 2.13. The van der Waals surface area contributed by atoms with E-state index in [0.717, 1.165) is 22.4 Å². The van der Waals surface area contributed by atoms with Gasteiger partial charge in [0.25, 0.3) is 0 Å². The molecule has 0 unspecified atom stereocenters. The van der Waals surface area contributed by atoms with E-state index in [1.807, 2.05) is 26.0 Å². The summed E-state index contributed by atoms with van der Waals surface area (Å²) in [7, 11) is 1.59. The average Bonchev–Trinajstić information content (AvgIpc) is 2.13. The Kier molecular flexibility index (Phi) is 3.55. The van der Waals surface area contributed by atoms with E-state index in [4.69, 9.17) is 9.84 Å². The molecule has 1 aromatic carbocycles. The van der Waals surface area contributed by atoms with Gasteiger partial charge in [-0.3, -0.25) is 0 Å². The van der Waals surface area contributed by atoms with Crippen molar-refractivity contribution in [2.45, 2.75) is 20.4 Å². The minimum atomic E-state index is -1.03. The maximum atomic E-state index is 10.4. The normalized spacial score (nSPS) is 9.80. The highest BCUT2D eigenvalue weighted by atomic mass is 16.5. The minimum Gasteiger partial charge on any atom is -0.496 e. The number of hydrogen-bond donors (Lipinski definition) is 2. The lowest BCUT2D eigenvalue weighted by molar-refractivity contribution is 0.194. The smallest absolute Gasteiger partial charge is 0.404 e. The van der Waals surface area contributed by atoms with Crippen LogP contribution in [0.1, 0.15) is 16.7 Å². The third kappa shape index (κ3) is 2.87. The largest absolute Gasteiger partial charge is 0.496 e. The van der Waals surface area contributed by atoms with Crippen LogP contribution in [-0.4, -0.2) is 18.3 Å². The Morgan fingerprint density at radius 3 is 2.67 bits per heavy atom. The predicted molar refractivity (Wildman–Crippen MR) is 57.3 cm³/mol. The second-order valence-electron chi connectivity index (χ2n) is 3.43. The standard InChI is InChI=1S/C11H15NO3/c1-7-4-8(2)10(15-3)9(5-7)6-12-11(13)14/h4-5,12H,6H2,1-3H3,(H,13,14). The monoisotopic (exact) mass is 209 g/mol. The summed E-state index contributed by atoms with van der Waals surface area (Å²) in [5, 5.41) is 10.9. The van der Waals surface area contributed by atoms with Gasteiger partial charge in [0.2, 0.25) is 0 Å². The molecular formula is C11H15NO3. The predicted octanol–water partition coefficient (Wildman–Crippen LogP) is 2.08. The number of methoxy groups -OCH3 is 1. The van der Waals surface area contributed by atoms with E-state index in [0.29, 0.717) is 0 Å². The van der Waals surface area contributed by atoms with Gasteiger partial charge in [-0.25, -0.2) is 4.79 Å². The van der Waals surface area contributed by atoms with Crippen LogP contribution in [0.25, 0.3) is 0 Å². The molecule has 0 radical (unpaired) electrons. The first-order valence-electron chi connectivity index (χ1n) is 4.65. The Morgan fingerprint density at radius 2 is 2.13 bits per heavy atom. The molecule has 0 aromatic heterocycles. The molecule has 0 bridgehead atoms. The summed E-state index contributed by atoms with van der Waals surface area (Å²) >= 11 is 0. The number of aryl methyl sites for hydroxylation is 2. The fraction of sp³-hybridized carbons (Fsp3) is 0.364. The van der Waals surface area contributed by atoms with Gasteiger partial charge >= 0.3 is 6.09 Å². The zero-order chi connectivity index (χ0) is 11.4. The molecule has 0 saturated heterocycles. The van der Waals surface area contributed by atoms with Crippen molar-refractivity contribution in [2.24, 2.45) is 0 Å². The van der Waals surface area contributed by atoms with Gasteiger partial charge in [-0.05, 0) is 19.4 Å². The lowest BCUT2D eigenvalue weighted by atomic mass is 10.1. The second-order valence-corrected chi connectivity index (χ2v) is 3.43. The molecule has 4 nitrogen and oxygen atoms in total. The highest BCUT2D eigenvalue weighted by Gasteiger charge is 2.08. The molecule has 0 aliphatic heterocycles. The van der Waals surface area contributed by atoms with E-state index in [-0.39, 0.29) is 6.54 Å². The molecule has 0 saturated carbocycles. The number of carboxylic acid groups (broad SMARTS) is 1. The van der Waals surface area contributed by atoms with Gasteiger partial charge in [0.1, 0.15) is 5.75 Å². The molecule has 0 aliphatic rings. The van der Waals surface area contributed by atoms with Gasteiger partial charge in [-0.1, -0.05) is 17.7 Å². The number of carbonyl (C=O) groups is 1. The molecule has 1 aromatic rings. The molecule has 0 aliphatic carbocycles. The Hall–Kier alpha value is -1.71. The van der Waals surface area contributed by atoms with E-state index >= 15 is 0 Å². The van der Waals surface area contributed by atoms with Crippen LogP contribution in [0.2, 0.25) is 0 Å². The lowest BCUT2D eigenvalue weighted by Crippen LogP contribution is -2.20. The molecular weight excluding hydrogens is 194 g/mol. The fourth-order valence-electron chi connectivity index (χ4n) is 1.64. The summed E-state index contributed by atoms with van der Waals surface area (Å²) in [5.41, 5.74) is 2.97. The Balaban J connectivity index is 2.98. The van der Waals surface area contributed by atoms with Crippen LogP contribution in [0.15, 0.2) is 12.1 Å². The van der Waals surface area contributed by atoms with Crippen molar-refractivity contribution in [1.29, 1.82) is 0 Å². The molecule has 0 spiro atoms. The summed E-state index contributed by atoms with van der Waals surface area (Å²) in [6.07, 6.45) is -1.03. The van der Waals surface area contributed by atoms with E-state index in [1.165, 1.54) is 0 Å². The molecule has 15 heavy (non-hydrogen) atoms. The minimum absolute atomic E-state index is 0.265. The van der Waals surface area contributed by atoms with Gasteiger partial charge in [-0.15, -0.1) is 0 Å². The first-order chi connectivity index (χ1) is 7.04. The van der Waals surface area contributed by atoms with E-state index in [2.05, 4.69) is 5.32 Å². The van der Waals surface area contributed by atoms with E-state index in [1.54, 1.807) is 7.11 Å². The summed E-state index contributed by atoms with van der Waals surface area (Å²) < 4.78 is 5.23. The van der Waals surface area contributed by atoms with Crippen LogP contribution < -0.4 is 10.1 Å². The molecule has 1 amide bonds. The van der Waals surface area contributed by atoms with Crippen LogP contribution in [-0.2, 0) is 6.54 Å². The third-order valence-corrected chi connectivity index (χ3v) is 2.13. The van der Waals surface area contributed by atoms with Crippen LogP contribution in [0, 0.1) is 13.8 Å². The summed E-state index contributed by atoms with van der Waals surface area (Å²) in [6.45, 7) is 4.17. The van der Waals surface area contributed by atoms with Crippen molar-refractivity contribution >= 4 is 6.09 Å². The summed E-state index contributed by atoms with van der Waals surface area (Å²) in [5.74, 6) is 0.745. The molecule has 0 fully saturated rings. The molecule has 1 rings (SSSR count). The molecule has 2 N–H and O–H groups in total. The van der Waals surface area contributed by atoms with Crippen molar-refractivity contribution in [1.82, 2.24) is 5.32 Å². The first kappa shape index (κ1) is 11.4. The Labute approximate surface area is 88.9 Å². The number of nitrogens with one attached hydrogen (secondary N) is 1. The number of ether oxygens (including phenoxy) is 1. The zero-order valence-corrected chi connectivity index (χ0v) is 9.13. The Morgan fingerprint density at radius 1 is 1.47 bits per heavy atom.